The molecule has 7 nitrogen and oxygen atoms in total. The van der Waals surface area contributed by atoms with E-state index in [1.54, 1.807) is 24.3 Å². The van der Waals surface area contributed by atoms with Gasteiger partial charge in [0.25, 0.3) is 5.89 Å². The predicted octanol–water partition coefficient (Wildman–Crippen LogP) is 2.55. The van der Waals surface area contributed by atoms with Crippen molar-refractivity contribution < 1.29 is 9.26 Å². The molecule has 0 fully saturated rings. The van der Waals surface area contributed by atoms with E-state index in [-0.39, 0.29) is 0 Å². The van der Waals surface area contributed by atoms with Crippen LogP contribution in [-0.2, 0) is 0 Å². The van der Waals surface area contributed by atoms with Gasteiger partial charge in [-0.2, -0.15) is 4.98 Å². The first-order chi connectivity index (χ1) is 10.2. The van der Waals surface area contributed by atoms with Crippen molar-refractivity contribution in [3.8, 4) is 28.9 Å². The van der Waals surface area contributed by atoms with Crippen LogP contribution in [0.5, 0.6) is 5.88 Å². The Morgan fingerprint density at radius 2 is 2.05 bits per heavy atom. The van der Waals surface area contributed by atoms with Crippen LogP contribution >= 0.6 is 15.9 Å². The van der Waals surface area contributed by atoms with Crippen LogP contribution in [-0.4, -0.2) is 27.4 Å². The maximum atomic E-state index is 5.77. The van der Waals surface area contributed by atoms with Gasteiger partial charge in [-0.05, 0) is 40.2 Å². The van der Waals surface area contributed by atoms with Crippen LogP contribution < -0.4 is 10.5 Å². The van der Waals surface area contributed by atoms with Crippen molar-refractivity contribution in [2.24, 2.45) is 0 Å². The van der Waals surface area contributed by atoms with E-state index in [9.17, 15) is 0 Å². The average molecular weight is 348 g/mol. The second kappa shape index (κ2) is 5.49. The van der Waals surface area contributed by atoms with Crippen molar-refractivity contribution in [2.75, 3.05) is 12.8 Å². The number of nitrogens with zero attached hydrogens (tertiary/aromatic N) is 4. The third-order valence-electron chi connectivity index (χ3n) is 2.73. The molecule has 21 heavy (non-hydrogen) atoms. The number of rotatable bonds is 3. The molecule has 106 valence electrons. The van der Waals surface area contributed by atoms with Gasteiger partial charge in [0.05, 0.1) is 12.7 Å². The molecule has 0 saturated carbocycles. The minimum atomic E-state index is 0.342. The molecule has 0 aliphatic rings. The Hall–Kier alpha value is -2.48. The van der Waals surface area contributed by atoms with Crippen molar-refractivity contribution in [1.82, 2.24) is 20.3 Å². The van der Waals surface area contributed by atoms with Gasteiger partial charge in [0, 0.05) is 16.2 Å². The van der Waals surface area contributed by atoms with Gasteiger partial charge < -0.3 is 15.0 Å². The molecule has 1 aromatic carbocycles. The van der Waals surface area contributed by atoms with Crippen LogP contribution in [0.2, 0.25) is 0 Å². The molecule has 0 radical (unpaired) electrons. The van der Waals surface area contributed by atoms with E-state index in [2.05, 4.69) is 36.3 Å². The molecule has 0 atom stereocenters. The lowest BCUT2D eigenvalue weighted by molar-refractivity contribution is 0.392. The van der Waals surface area contributed by atoms with Crippen molar-refractivity contribution in [3.63, 3.8) is 0 Å². The molecule has 0 spiro atoms. The Kier molecular flexibility index (Phi) is 3.53. The zero-order valence-electron chi connectivity index (χ0n) is 10.9. The first-order valence-corrected chi connectivity index (χ1v) is 6.74. The molecule has 0 aliphatic carbocycles. The number of benzene rings is 1. The Labute approximate surface area is 128 Å². The summed E-state index contributed by atoms with van der Waals surface area (Å²) in [4.78, 5) is 4.30. The second-order valence-electron chi connectivity index (χ2n) is 4.12. The van der Waals surface area contributed by atoms with E-state index in [0.717, 1.165) is 10.0 Å². The molecule has 2 aromatic heterocycles. The van der Waals surface area contributed by atoms with Gasteiger partial charge in [-0.15, -0.1) is 10.2 Å². The summed E-state index contributed by atoms with van der Waals surface area (Å²) >= 11 is 3.42. The van der Waals surface area contributed by atoms with Crippen molar-refractivity contribution in [2.45, 2.75) is 0 Å². The number of nitrogens with two attached hydrogens (primary N) is 1. The van der Waals surface area contributed by atoms with Crippen molar-refractivity contribution >= 4 is 21.6 Å². The SMILES string of the molecule is COc1ccc(-c2noc(-c3cc(N)ccc3Br)n2)nn1. The summed E-state index contributed by atoms with van der Waals surface area (Å²) < 4.78 is 11.0. The van der Waals surface area contributed by atoms with Gasteiger partial charge in [0.15, 0.2) is 0 Å². The first kappa shape index (κ1) is 13.5. The molecule has 2 heterocycles. The lowest BCUT2D eigenvalue weighted by Crippen LogP contribution is -1.93. The van der Waals surface area contributed by atoms with E-state index in [0.29, 0.717) is 29.0 Å². The molecule has 3 aromatic rings. The maximum Gasteiger partial charge on any atom is 0.259 e. The third kappa shape index (κ3) is 2.70. The number of anilines is 1. The van der Waals surface area contributed by atoms with E-state index in [1.165, 1.54) is 7.11 Å². The zero-order valence-corrected chi connectivity index (χ0v) is 12.5. The van der Waals surface area contributed by atoms with E-state index in [1.807, 2.05) is 6.07 Å². The second-order valence-corrected chi connectivity index (χ2v) is 4.98. The summed E-state index contributed by atoms with van der Waals surface area (Å²) in [5.74, 6) is 1.11. The smallest absolute Gasteiger partial charge is 0.259 e. The fraction of sp³-hybridized carbons (Fsp3) is 0.0769. The fourth-order valence-corrected chi connectivity index (χ4v) is 2.11. The summed E-state index contributed by atoms with van der Waals surface area (Å²) in [6.07, 6.45) is 0. The lowest BCUT2D eigenvalue weighted by Gasteiger charge is -1.99. The van der Waals surface area contributed by atoms with Crippen LogP contribution in [0.15, 0.2) is 39.3 Å². The van der Waals surface area contributed by atoms with Crippen LogP contribution in [0.3, 0.4) is 0 Å². The minimum absolute atomic E-state index is 0.342. The van der Waals surface area contributed by atoms with Gasteiger partial charge in [-0.1, -0.05) is 5.16 Å². The van der Waals surface area contributed by atoms with Crippen molar-refractivity contribution in [3.05, 3.63) is 34.8 Å². The van der Waals surface area contributed by atoms with Crippen molar-refractivity contribution in [1.29, 1.82) is 0 Å². The molecular formula is C13H10BrN5O2. The van der Waals surface area contributed by atoms with Crippen LogP contribution in [0.4, 0.5) is 5.69 Å². The number of hydrogen-bond acceptors (Lipinski definition) is 7. The average Bonchev–Trinajstić information content (AvgIpc) is 2.99. The Bertz CT molecular complexity index is 772. The minimum Gasteiger partial charge on any atom is -0.480 e. The summed E-state index contributed by atoms with van der Waals surface area (Å²) in [5.41, 5.74) is 7.59. The van der Waals surface area contributed by atoms with E-state index in [4.69, 9.17) is 15.0 Å². The highest BCUT2D eigenvalue weighted by molar-refractivity contribution is 9.10. The summed E-state index contributed by atoms with van der Waals surface area (Å²) in [7, 11) is 1.52. The maximum absolute atomic E-state index is 5.77. The number of ether oxygens (including phenoxy) is 1. The quantitative estimate of drug-likeness (QED) is 0.726. The van der Waals surface area contributed by atoms with Crippen LogP contribution in [0.25, 0.3) is 23.0 Å². The number of nitrogen functional groups attached to an aromatic ring is 1. The van der Waals surface area contributed by atoms with Gasteiger partial charge >= 0.3 is 0 Å². The molecule has 3 rings (SSSR count). The molecule has 0 amide bonds. The number of methoxy groups -OCH3 is 1. The molecule has 0 saturated heterocycles. The number of aromatic nitrogens is 4. The van der Waals surface area contributed by atoms with Gasteiger partial charge in [0.2, 0.25) is 11.7 Å². The highest BCUT2D eigenvalue weighted by Crippen LogP contribution is 2.30. The Morgan fingerprint density at radius 3 is 2.76 bits per heavy atom. The lowest BCUT2D eigenvalue weighted by atomic mass is 10.2. The van der Waals surface area contributed by atoms with E-state index < -0.39 is 0 Å². The summed E-state index contributed by atoms with van der Waals surface area (Å²) in [6, 6.07) is 8.73. The standard InChI is InChI=1S/C13H10BrN5O2/c1-20-11-5-4-10(17-18-11)12-16-13(21-19-12)8-6-7(15)2-3-9(8)14/h2-6H,15H2,1H3. The van der Waals surface area contributed by atoms with Gasteiger partial charge in [-0.25, -0.2) is 0 Å². The monoisotopic (exact) mass is 347 g/mol. The summed E-state index contributed by atoms with van der Waals surface area (Å²) in [5, 5.41) is 11.7. The highest BCUT2D eigenvalue weighted by Gasteiger charge is 2.14. The molecule has 0 unspecified atom stereocenters. The number of hydrogen-bond donors (Lipinski definition) is 1. The van der Waals surface area contributed by atoms with Gasteiger partial charge in [-0.3, -0.25) is 0 Å². The topological polar surface area (TPSA) is 100.0 Å². The molecular weight excluding hydrogens is 338 g/mol. The first-order valence-electron chi connectivity index (χ1n) is 5.94. The number of halogens is 1. The zero-order chi connectivity index (χ0) is 14.8. The highest BCUT2D eigenvalue weighted by atomic mass is 79.9. The molecule has 8 heteroatoms. The van der Waals surface area contributed by atoms with E-state index >= 15 is 0 Å². The predicted molar refractivity (Wildman–Crippen MR) is 79.4 cm³/mol. The molecule has 2 N–H and O–H groups in total. The Balaban J connectivity index is 1.97. The largest absolute Gasteiger partial charge is 0.480 e. The fourth-order valence-electron chi connectivity index (χ4n) is 1.69. The third-order valence-corrected chi connectivity index (χ3v) is 3.42. The molecule has 0 aliphatic heterocycles. The molecule has 0 bridgehead atoms. The van der Waals surface area contributed by atoms with Crippen LogP contribution in [0, 0.1) is 0 Å². The van der Waals surface area contributed by atoms with Gasteiger partial charge in [0.1, 0.15) is 5.69 Å². The Morgan fingerprint density at radius 1 is 1.19 bits per heavy atom. The normalized spacial score (nSPS) is 10.6. The summed E-state index contributed by atoms with van der Waals surface area (Å²) in [6.45, 7) is 0. The van der Waals surface area contributed by atoms with Crippen LogP contribution in [0.1, 0.15) is 0 Å².